The van der Waals surface area contributed by atoms with E-state index in [2.05, 4.69) is 12.1 Å². The lowest BCUT2D eigenvalue weighted by Crippen LogP contribution is -2.20. The van der Waals surface area contributed by atoms with Gasteiger partial charge in [-0.05, 0) is 51.2 Å². The molecule has 2 bridgehead atoms. The Labute approximate surface area is 180 Å². The van der Waals surface area contributed by atoms with E-state index in [4.69, 9.17) is 27.7 Å². The zero-order valence-corrected chi connectivity index (χ0v) is 18.4. The van der Waals surface area contributed by atoms with Crippen LogP contribution in [-0.4, -0.2) is 16.0 Å². The van der Waals surface area contributed by atoms with Crippen LogP contribution in [0.1, 0.15) is 57.8 Å². The van der Waals surface area contributed by atoms with Crippen molar-refractivity contribution in [2.75, 3.05) is 0 Å². The minimum Gasteiger partial charge on any atom is -0.391 e. The van der Waals surface area contributed by atoms with Crippen LogP contribution in [0, 0.1) is 17.8 Å². The molecule has 1 aromatic heterocycles. The number of aliphatic hydroxyl groups excluding tert-OH is 1. The summed E-state index contributed by atoms with van der Waals surface area (Å²) in [6, 6.07) is 4.96. The largest absolute Gasteiger partial charge is 0.391 e. The molecule has 7 heteroatoms. The summed E-state index contributed by atoms with van der Waals surface area (Å²) < 4.78 is 19.0. The second kappa shape index (κ2) is 8.75. The molecule has 2 aliphatic carbocycles. The number of hydrogen-bond acceptors (Lipinski definition) is 4. The Morgan fingerprint density at radius 1 is 1.28 bits per heavy atom. The number of nitrogens with zero attached hydrogens (tertiary/aromatic N) is 1. The molecule has 29 heavy (non-hydrogen) atoms. The van der Waals surface area contributed by atoms with Gasteiger partial charge in [-0.15, -0.1) is 0 Å². The lowest BCUT2D eigenvalue weighted by molar-refractivity contribution is -0.126. The fraction of sp³-hybridized carbons (Fsp3) is 0.545. The second-order valence-corrected chi connectivity index (χ2v) is 9.23. The summed E-state index contributed by atoms with van der Waals surface area (Å²) in [4.78, 5) is 11.4. The molecule has 1 aromatic carbocycles. The predicted octanol–water partition coefficient (Wildman–Crippen LogP) is 6.36. The molecular formula is C22H26Cl2FNO3. The Hall–Kier alpha value is -1.43. The van der Waals surface area contributed by atoms with Crippen molar-refractivity contribution >= 4 is 29.0 Å². The minimum absolute atomic E-state index is 0.0269. The van der Waals surface area contributed by atoms with Gasteiger partial charge in [0.2, 0.25) is 0 Å². The molecule has 158 valence electrons. The smallest absolute Gasteiger partial charge is 0.179 e. The third kappa shape index (κ3) is 4.52. The van der Waals surface area contributed by atoms with Crippen LogP contribution in [0.4, 0.5) is 4.39 Å². The summed E-state index contributed by atoms with van der Waals surface area (Å²) in [5, 5.41) is 14.0. The first-order valence-electron chi connectivity index (χ1n) is 9.92. The number of hydrogen-bond donors (Lipinski definition) is 1. The second-order valence-electron chi connectivity index (χ2n) is 8.42. The molecule has 0 saturated heterocycles. The summed E-state index contributed by atoms with van der Waals surface area (Å²) in [6.07, 6.45) is 4.84. The molecular weight excluding hydrogens is 416 g/mol. The van der Waals surface area contributed by atoms with E-state index in [1.807, 2.05) is 0 Å². The Bertz CT molecular complexity index is 870. The number of alkyl halides is 1. The maximum Gasteiger partial charge on any atom is 0.179 e. The van der Waals surface area contributed by atoms with Gasteiger partial charge < -0.3 is 9.63 Å². The van der Waals surface area contributed by atoms with E-state index >= 15 is 0 Å². The average Bonchev–Trinajstić information content (AvgIpc) is 3.11. The molecule has 2 saturated carbocycles. The van der Waals surface area contributed by atoms with Gasteiger partial charge >= 0.3 is 0 Å². The van der Waals surface area contributed by atoms with E-state index < -0.39 is 12.3 Å². The Kier molecular flexibility index (Phi) is 6.71. The number of carbonyl (C=O) groups is 1. The molecule has 0 amide bonds. The number of aliphatic hydroxyl groups is 1. The summed E-state index contributed by atoms with van der Waals surface area (Å²) >= 11 is 12.2. The summed E-state index contributed by atoms with van der Waals surface area (Å²) in [6.45, 7) is 4.46. The lowest BCUT2D eigenvalue weighted by Gasteiger charge is -2.17. The maximum absolute atomic E-state index is 14.0. The van der Waals surface area contributed by atoms with E-state index in [1.54, 1.807) is 18.2 Å². The molecule has 0 radical (unpaired) electrons. The third-order valence-electron chi connectivity index (χ3n) is 5.86. The Morgan fingerprint density at radius 2 is 1.93 bits per heavy atom. The standard InChI is InChI=1S/C13H12Cl2FNO2.C9H14O/c1-13(2,16)12-7(6-18)11(17-19-12)10-8(14)4-3-5-9(10)15;1-6-5-7-3-2-4-8(6)9(7)10/h3-5,18H,6H2,1-2H3;6-8H,2-5H2,1H3. The predicted molar refractivity (Wildman–Crippen MR) is 112 cm³/mol. The maximum atomic E-state index is 14.0. The highest BCUT2D eigenvalue weighted by atomic mass is 35.5. The van der Waals surface area contributed by atoms with Gasteiger partial charge in [-0.1, -0.05) is 47.8 Å². The highest BCUT2D eigenvalue weighted by Gasteiger charge is 2.41. The molecule has 3 unspecified atom stereocenters. The number of carbonyl (C=O) groups excluding carboxylic acids is 1. The van der Waals surface area contributed by atoms with Crippen molar-refractivity contribution in [3.05, 3.63) is 39.6 Å². The average molecular weight is 442 g/mol. The summed E-state index contributed by atoms with van der Waals surface area (Å²) in [5.74, 6) is 2.17. The lowest BCUT2D eigenvalue weighted by atomic mass is 9.86. The molecule has 1 heterocycles. The van der Waals surface area contributed by atoms with Crippen molar-refractivity contribution in [1.29, 1.82) is 0 Å². The number of Topliss-reactive ketones (excluding diaryl/α,β-unsaturated/α-hetero) is 1. The molecule has 2 aliphatic rings. The quantitative estimate of drug-likeness (QED) is 0.601. The SMILES string of the molecule is CC(C)(F)c1onc(-c2c(Cl)cccc2Cl)c1CO.CC1CC2CCCC1C2=O. The molecule has 0 spiro atoms. The van der Waals surface area contributed by atoms with Crippen molar-refractivity contribution in [3.63, 3.8) is 0 Å². The third-order valence-corrected chi connectivity index (χ3v) is 6.49. The number of benzene rings is 1. The van der Waals surface area contributed by atoms with Gasteiger partial charge in [0.1, 0.15) is 11.5 Å². The van der Waals surface area contributed by atoms with Gasteiger partial charge in [0.15, 0.2) is 11.4 Å². The van der Waals surface area contributed by atoms with Crippen LogP contribution in [0.2, 0.25) is 10.0 Å². The van der Waals surface area contributed by atoms with Crippen LogP contribution < -0.4 is 0 Å². The zero-order chi connectivity index (χ0) is 21.3. The van der Waals surface area contributed by atoms with Crippen LogP contribution in [0.15, 0.2) is 22.7 Å². The van der Waals surface area contributed by atoms with Crippen LogP contribution in [0.5, 0.6) is 0 Å². The Balaban J connectivity index is 0.000000200. The molecule has 4 nitrogen and oxygen atoms in total. The number of rotatable bonds is 3. The number of aromatic nitrogens is 1. The van der Waals surface area contributed by atoms with E-state index in [0.717, 1.165) is 0 Å². The van der Waals surface area contributed by atoms with Gasteiger partial charge in [0, 0.05) is 17.4 Å². The topological polar surface area (TPSA) is 63.3 Å². The van der Waals surface area contributed by atoms with Crippen molar-refractivity contribution in [1.82, 2.24) is 5.16 Å². The number of ketones is 1. The molecule has 2 fully saturated rings. The van der Waals surface area contributed by atoms with Gasteiger partial charge in [0.05, 0.1) is 22.2 Å². The number of fused-ring (bicyclic) bond motifs is 2. The molecule has 4 rings (SSSR count). The first kappa shape index (κ1) is 22.3. The van der Waals surface area contributed by atoms with Crippen LogP contribution in [0.25, 0.3) is 11.3 Å². The van der Waals surface area contributed by atoms with E-state index in [9.17, 15) is 14.3 Å². The molecule has 2 aromatic rings. The van der Waals surface area contributed by atoms with Gasteiger partial charge in [-0.2, -0.15) is 0 Å². The summed E-state index contributed by atoms with van der Waals surface area (Å²) in [7, 11) is 0. The fourth-order valence-corrected chi connectivity index (χ4v) is 5.00. The highest BCUT2D eigenvalue weighted by Crippen LogP contribution is 2.43. The molecule has 1 N–H and O–H groups in total. The Morgan fingerprint density at radius 3 is 2.45 bits per heavy atom. The van der Waals surface area contributed by atoms with Crippen molar-refractivity contribution in [2.24, 2.45) is 17.8 Å². The van der Waals surface area contributed by atoms with Gasteiger partial charge in [-0.3, -0.25) is 4.79 Å². The van der Waals surface area contributed by atoms with E-state index in [-0.39, 0.29) is 17.0 Å². The van der Waals surface area contributed by atoms with Gasteiger partial charge in [0.25, 0.3) is 0 Å². The fourth-order valence-electron chi connectivity index (χ4n) is 4.43. The van der Waals surface area contributed by atoms with Crippen LogP contribution in [-0.2, 0) is 17.1 Å². The van der Waals surface area contributed by atoms with Crippen LogP contribution >= 0.6 is 23.2 Å². The first-order valence-corrected chi connectivity index (χ1v) is 10.7. The first-order chi connectivity index (χ1) is 13.6. The summed E-state index contributed by atoms with van der Waals surface area (Å²) in [5.41, 5.74) is -0.813. The molecule has 0 aliphatic heterocycles. The molecule has 3 atom stereocenters. The van der Waals surface area contributed by atoms with E-state index in [0.29, 0.717) is 39.1 Å². The normalized spacial score (nSPS) is 23.7. The van der Waals surface area contributed by atoms with Crippen molar-refractivity contribution in [3.8, 4) is 11.3 Å². The minimum atomic E-state index is -1.75. The van der Waals surface area contributed by atoms with Crippen LogP contribution in [0.3, 0.4) is 0 Å². The van der Waals surface area contributed by atoms with Crippen molar-refractivity contribution in [2.45, 2.75) is 58.7 Å². The highest BCUT2D eigenvalue weighted by molar-refractivity contribution is 6.39. The zero-order valence-electron chi connectivity index (χ0n) is 16.8. The van der Waals surface area contributed by atoms with Crippen molar-refractivity contribution < 1.29 is 18.8 Å². The van der Waals surface area contributed by atoms with E-state index in [1.165, 1.54) is 39.5 Å². The van der Waals surface area contributed by atoms with Gasteiger partial charge in [-0.25, -0.2) is 4.39 Å². The monoisotopic (exact) mass is 441 g/mol. The number of halogens is 3.